The van der Waals surface area contributed by atoms with Crippen molar-refractivity contribution in [1.82, 2.24) is 0 Å². The van der Waals surface area contributed by atoms with E-state index in [4.69, 9.17) is 0 Å². The molecule has 0 aromatic rings. The summed E-state index contributed by atoms with van der Waals surface area (Å²) in [6.07, 6.45) is 7.09. The maximum atomic E-state index is 10.0. The van der Waals surface area contributed by atoms with Crippen molar-refractivity contribution < 1.29 is 5.11 Å². The third-order valence-corrected chi connectivity index (χ3v) is 3.10. The second-order valence-electron chi connectivity index (χ2n) is 6.08. The Labute approximate surface area is 108 Å². The summed E-state index contributed by atoms with van der Waals surface area (Å²) < 4.78 is 0. The molecule has 0 aliphatic carbocycles. The highest BCUT2D eigenvalue weighted by molar-refractivity contribution is 5.05. The smallest absolute Gasteiger partial charge is 0.0723 e. The van der Waals surface area contributed by atoms with Gasteiger partial charge in [0.1, 0.15) is 0 Å². The molecule has 0 radical (unpaired) electrons. The van der Waals surface area contributed by atoms with Crippen molar-refractivity contribution in [2.75, 3.05) is 0 Å². The summed E-state index contributed by atoms with van der Waals surface area (Å²) in [5, 5.41) is 10.0. The van der Waals surface area contributed by atoms with Gasteiger partial charge in [0.05, 0.1) is 6.10 Å². The first-order chi connectivity index (χ1) is 7.89. The molecule has 0 aromatic heterocycles. The van der Waals surface area contributed by atoms with Crippen LogP contribution in [0.15, 0.2) is 0 Å². The van der Waals surface area contributed by atoms with Crippen LogP contribution in [0.2, 0.25) is 0 Å². The maximum Gasteiger partial charge on any atom is 0.0723 e. The van der Waals surface area contributed by atoms with Crippen LogP contribution in [0.4, 0.5) is 0 Å². The topological polar surface area (TPSA) is 20.2 Å². The number of hydrogen-bond donors (Lipinski definition) is 1. The van der Waals surface area contributed by atoms with Crippen molar-refractivity contribution >= 4 is 0 Å². The van der Waals surface area contributed by atoms with E-state index in [0.29, 0.717) is 0 Å². The van der Waals surface area contributed by atoms with Crippen molar-refractivity contribution in [2.24, 2.45) is 11.3 Å². The van der Waals surface area contributed by atoms with E-state index in [-0.39, 0.29) is 17.4 Å². The predicted octanol–water partition coefficient (Wildman–Crippen LogP) is 4.39. The first kappa shape index (κ1) is 16.5. The average molecular weight is 238 g/mol. The van der Waals surface area contributed by atoms with E-state index in [9.17, 15) is 5.11 Å². The Balaban J connectivity index is 3.78. The average Bonchev–Trinajstić information content (AvgIpc) is 2.25. The Hall–Kier alpha value is -0.480. The first-order valence-electron chi connectivity index (χ1n) is 7.06. The summed E-state index contributed by atoms with van der Waals surface area (Å²) in [6.45, 7) is 10.4. The molecule has 0 bridgehead atoms. The van der Waals surface area contributed by atoms with Gasteiger partial charge in [-0.2, -0.15) is 0 Å². The molecule has 0 aliphatic rings. The molecule has 0 saturated carbocycles. The molecular weight excluding hydrogens is 208 g/mol. The summed E-state index contributed by atoms with van der Waals surface area (Å²) in [5.74, 6) is 6.46. The molecule has 0 aromatic carbocycles. The van der Waals surface area contributed by atoms with Gasteiger partial charge in [0.15, 0.2) is 0 Å². The van der Waals surface area contributed by atoms with Crippen LogP contribution >= 0.6 is 0 Å². The highest BCUT2D eigenvalue weighted by atomic mass is 16.3. The number of rotatable bonds is 6. The maximum absolute atomic E-state index is 10.0. The van der Waals surface area contributed by atoms with Crippen molar-refractivity contribution in [3.8, 4) is 11.8 Å². The standard InChI is InChI=1S/C16H30O/c1-6-7-8-9-10-11-12-13-14(2)15(17)16(3,4)5/h14-15,17H,6-11H2,1-5H3/t14-,15-/m1/s1. The van der Waals surface area contributed by atoms with Crippen molar-refractivity contribution in [3.63, 3.8) is 0 Å². The lowest BCUT2D eigenvalue weighted by atomic mass is 9.82. The minimum atomic E-state index is -0.338. The number of aliphatic hydroxyl groups is 1. The van der Waals surface area contributed by atoms with Gasteiger partial charge in [-0.25, -0.2) is 0 Å². The molecule has 0 unspecified atom stereocenters. The lowest BCUT2D eigenvalue weighted by molar-refractivity contribution is 0.0367. The Morgan fingerprint density at radius 1 is 1.06 bits per heavy atom. The zero-order valence-electron chi connectivity index (χ0n) is 12.3. The van der Waals surface area contributed by atoms with Gasteiger partial charge in [-0.1, -0.05) is 59.3 Å². The summed E-state index contributed by atoms with van der Waals surface area (Å²) in [6, 6.07) is 0. The number of hydrogen-bond acceptors (Lipinski definition) is 1. The van der Waals surface area contributed by atoms with Crippen LogP contribution in [0.25, 0.3) is 0 Å². The fourth-order valence-corrected chi connectivity index (χ4v) is 1.88. The van der Waals surface area contributed by atoms with E-state index >= 15 is 0 Å². The van der Waals surface area contributed by atoms with Gasteiger partial charge in [0.2, 0.25) is 0 Å². The quantitative estimate of drug-likeness (QED) is 0.537. The largest absolute Gasteiger partial charge is 0.391 e. The second kappa shape index (κ2) is 8.59. The first-order valence-corrected chi connectivity index (χ1v) is 7.06. The minimum Gasteiger partial charge on any atom is -0.391 e. The van der Waals surface area contributed by atoms with E-state index in [0.717, 1.165) is 6.42 Å². The minimum absolute atomic E-state index is 0.0742. The highest BCUT2D eigenvalue weighted by Gasteiger charge is 2.26. The van der Waals surface area contributed by atoms with Gasteiger partial charge < -0.3 is 5.11 Å². The molecule has 0 heterocycles. The van der Waals surface area contributed by atoms with E-state index in [2.05, 4.69) is 39.5 Å². The van der Waals surface area contributed by atoms with Crippen LogP contribution in [-0.2, 0) is 0 Å². The molecular formula is C16H30O. The predicted molar refractivity (Wildman–Crippen MR) is 75.8 cm³/mol. The monoisotopic (exact) mass is 238 g/mol. The molecule has 0 spiro atoms. The molecule has 0 amide bonds. The summed E-state index contributed by atoms with van der Waals surface area (Å²) >= 11 is 0. The summed E-state index contributed by atoms with van der Waals surface area (Å²) in [5.41, 5.74) is -0.0742. The molecule has 0 fully saturated rings. The van der Waals surface area contributed by atoms with Crippen LogP contribution < -0.4 is 0 Å². The van der Waals surface area contributed by atoms with E-state index in [1.807, 2.05) is 6.92 Å². The van der Waals surface area contributed by atoms with E-state index < -0.39 is 0 Å². The fraction of sp³-hybridized carbons (Fsp3) is 0.875. The van der Waals surface area contributed by atoms with Gasteiger partial charge in [-0.05, 0) is 18.8 Å². The Kier molecular flexibility index (Phi) is 8.35. The third kappa shape index (κ3) is 8.27. The molecule has 0 rings (SSSR count). The lowest BCUT2D eigenvalue weighted by Gasteiger charge is -2.28. The van der Waals surface area contributed by atoms with Crippen LogP contribution in [0, 0.1) is 23.2 Å². The molecule has 0 saturated heterocycles. The summed E-state index contributed by atoms with van der Waals surface area (Å²) in [4.78, 5) is 0. The zero-order valence-corrected chi connectivity index (χ0v) is 12.3. The van der Waals surface area contributed by atoms with Crippen molar-refractivity contribution in [2.45, 2.75) is 79.2 Å². The SMILES string of the molecule is CCCCCCCC#C[C@@H](C)[C@@H](O)C(C)(C)C. The fourth-order valence-electron chi connectivity index (χ4n) is 1.88. The van der Waals surface area contributed by atoms with Crippen molar-refractivity contribution in [1.29, 1.82) is 0 Å². The number of unbranched alkanes of at least 4 members (excludes halogenated alkanes) is 5. The van der Waals surface area contributed by atoms with Crippen molar-refractivity contribution in [3.05, 3.63) is 0 Å². The van der Waals surface area contributed by atoms with Crippen LogP contribution in [0.5, 0.6) is 0 Å². The summed E-state index contributed by atoms with van der Waals surface area (Å²) in [7, 11) is 0. The Bertz CT molecular complexity index is 238. The molecule has 1 N–H and O–H groups in total. The van der Waals surface area contributed by atoms with Crippen LogP contribution in [0.1, 0.15) is 73.1 Å². The van der Waals surface area contributed by atoms with Gasteiger partial charge in [0.25, 0.3) is 0 Å². The zero-order chi connectivity index (χ0) is 13.3. The van der Waals surface area contributed by atoms with Crippen LogP contribution in [-0.4, -0.2) is 11.2 Å². The molecule has 0 aliphatic heterocycles. The highest BCUT2D eigenvalue weighted by Crippen LogP contribution is 2.24. The Morgan fingerprint density at radius 2 is 1.65 bits per heavy atom. The normalized spacial score (nSPS) is 14.9. The molecule has 1 nitrogen and oxygen atoms in total. The molecule has 100 valence electrons. The van der Waals surface area contributed by atoms with Gasteiger partial charge in [-0.3, -0.25) is 0 Å². The molecule has 1 heteroatoms. The second-order valence-corrected chi connectivity index (χ2v) is 6.08. The lowest BCUT2D eigenvalue weighted by Crippen LogP contribution is -2.31. The number of aliphatic hydroxyl groups excluding tert-OH is 1. The van der Waals surface area contributed by atoms with Gasteiger partial charge >= 0.3 is 0 Å². The van der Waals surface area contributed by atoms with E-state index in [1.54, 1.807) is 0 Å². The molecule has 2 atom stereocenters. The van der Waals surface area contributed by atoms with Gasteiger partial charge in [0, 0.05) is 12.3 Å². The third-order valence-electron chi connectivity index (χ3n) is 3.10. The molecule has 17 heavy (non-hydrogen) atoms. The van der Waals surface area contributed by atoms with Gasteiger partial charge in [-0.15, -0.1) is 5.92 Å². The van der Waals surface area contributed by atoms with E-state index in [1.165, 1.54) is 32.1 Å². The Morgan fingerprint density at radius 3 is 2.18 bits per heavy atom. The van der Waals surface area contributed by atoms with Crippen LogP contribution in [0.3, 0.4) is 0 Å².